The van der Waals surface area contributed by atoms with Crippen LogP contribution in [0.25, 0.3) is 6.08 Å². The Bertz CT molecular complexity index is 792. The average molecular weight is 308 g/mol. The maximum Gasteiger partial charge on any atom is 0.349 e. The van der Waals surface area contributed by atoms with Gasteiger partial charge in [0.25, 0.3) is 5.69 Å². The molecule has 2 aromatic rings. The quantitative estimate of drug-likeness (QED) is 0.278. The van der Waals surface area contributed by atoms with E-state index in [0.717, 1.165) is 11.6 Å². The Morgan fingerprint density at radius 3 is 2.48 bits per heavy atom. The lowest BCUT2D eigenvalue weighted by molar-refractivity contribution is -0.385. The Balaban J connectivity index is 2.18. The zero-order valence-corrected chi connectivity index (χ0v) is 12.0. The number of rotatable bonds is 5. The third kappa shape index (κ3) is 4.25. The van der Waals surface area contributed by atoms with Gasteiger partial charge in [-0.25, -0.2) is 4.79 Å². The van der Waals surface area contributed by atoms with Gasteiger partial charge in [-0.2, -0.15) is 5.26 Å². The van der Waals surface area contributed by atoms with Crippen LogP contribution in [-0.2, 0) is 16.1 Å². The van der Waals surface area contributed by atoms with Crippen LogP contribution in [-0.4, -0.2) is 10.9 Å². The van der Waals surface area contributed by atoms with Gasteiger partial charge in [0.1, 0.15) is 18.2 Å². The smallest absolute Gasteiger partial charge is 0.349 e. The lowest BCUT2D eigenvalue weighted by atomic mass is 10.1. The molecule has 6 heteroatoms. The normalized spacial score (nSPS) is 10.7. The van der Waals surface area contributed by atoms with Crippen molar-refractivity contribution in [2.45, 2.75) is 6.61 Å². The Morgan fingerprint density at radius 2 is 1.83 bits per heavy atom. The number of nitro groups is 1. The summed E-state index contributed by atoms with van der Waals surface area (Å²) in [6.07, 6.45) is 1.16. The van der Waals surface area contributed by atoms with E-state index < -0.39 is 10.9 Å². The molecule has 0 aliphatic rings. The summed E-state index contributed by atoms with van der Waals surface area (Å²) in [6.45, 7) is 0.0234. The first-order valence-corrected chi connectivity index (χ1v) is 6.68. The van der Waals surface area contributed by atoms with Crippen LogP contribution in [0.3, 0.4) is 0 Å². The summed E-state index contributed by atoms with van der Waals surface area (Å²) >= 11 is 0. The summed E-state index contributed by atoms with van der Waals surface area (Å²) in [4.78, 5) is 22.3. The van der Waals surface area contributed by atoms with Crippen molar-refractivity contribution < 1.29 is 14.5 Å². The van der Waals surface area contributed by atoms with Crippen LogP contribution in [0.1, 0.15) is 11.1 Å². The van der Waals surface area contributed by atoms with Crippen LogP contribution in [0.5, 0.6) is 0 Å². The molecule has 6 nitrogen and oxygen atoms in total. The first-order valence-electron chi connectivity index (χ1n) is 6.68. The predicted octanol–water partition coefficient (Wildman–Crippen LogP) is 3.25. The van der Waals surface area contributed by atoms with Crippen molar-refractivity contribution >= 4 is 17.7 Å². The fourth-order valence-corrected chi connectivity index (χ4v) is 1.87. The van der Waals surface area contributed by atoms with Gasteiger partial charge in [-0.15, -0.1) is 0 Å². The second-order valence-corrected chi connectivity index (χ2v) is 4.55. The fraction of sp³-hybridized carbons (Fsp3) is 0.0588. The molecule has 2 aromatic carbocycles. The molecule has 0 atom stereocenters. The van der Waals surface area contributed by atoms with Crippen LogP contribution < -0.4 is 0 Å². The van der Waals surface area contributed by atoms with Gasteiger partial charge in [0.2, 0.25) is 0 Å². The number of benzene rings is 2. The number of nitro benzene ring substituents is 1. The number of hydrogen-bond acceptors (Lipinski definition) is 5. The highest BCUT2D eigenvalue weighted by Crippen LogP contribution is 2.21. The number of ether oxygens (including phenoxy) is 1. The first-order chi connectivity index (χ1) is 11.1. The Kier molecular flexibility index (Phi) is 5.21. The van der Waals surface area contributed by atoms with Gasteiger partial charge in [0.05, 0.1) is 10.5 Å². The molecular weight excluding hydrogens is 296 g/mol. The summed E-state index contributed by atoms with van der Waals surface area (Å²) in [5.74, 6) is -0.825. The van der Waals surface area contributed by atoms with Crippen LogP contribution in [0, 0.1) is 21.4 Å². The van der Waals surface area contributed by atoms with E-state index >= 15 is 0 Å². The topological polar surface area (TPSA) is 93.2 Å². The minimum atomic E-state index is -0.825. The fourth-order valence-electron chi connectivity index (χ4n) is 1.87. The Labute approximate surface area is 132 Å². The highest BCUT2D eigenvalue weighted by atomic mass is 16.6. The van der Waals surface area contributed by atoms with Crippen LogP contribution >= 0.6 is 0 Å². The summed E-state index contributed by atoms with van der Waals surface area (Å²) in [5, 5.41) is 20.0. The predicted molar refractivity (Wildman–Crippen MR) is 82.9 cm³/mol. The third-order valence-electron chi connectivity index (χ3n) is 2.99. The summed E-state index contributed by atoms with van der Waals surface area (Å²) in [7, 11) is 0. The molecular formula is C17H12N2O4. The maximum atomic E-state index is 12.0. The number of esters is 1. The molecule has 0 saturated carbocycles. The standard InChI is InChI=1S/C17H12N2O4/c18-11-15(10-14-8-4-5-9-16(14)19(21)22)17(20)23-12-13-6-2-1-3-7-13/h1-10H,12H2/b15-10-. The van der Waals surface area contributed by atoms with Gasteiger partial charge in [-0.05, 0) is 17.7 Å². The molecule has 0 unspecified atom stereocenters. The maximum absolute atomic E-state index is 12.0. The van der Waals surface area contributed by atoms with Crippen molar-refractivity contribution in [1.82, 2.24) is 0 Å². The molecule has 0 saturated heterocycles. The van der Waals surface area contributed by atoms with Gasteiger partial charge in [0.15, 0.2) is 0 Å². The van der Waals surface area contributed by atoms with E-state index in [-0.39, 0.29) is 23.4 Å². The first kappa shape index (κ1) is 15.9. The van der Waals surface area contributed by atoms with Gasteiger partial charge in [-0.3, -0.25) is 10.1 Å². The molecule has 0 aliphatic carbocycles. The third-order valence-corrected chi connectivity index (χ3v) is 2.99. The minimum Gasteiger partial charge on any atom is -0.457 e. The molecule has 0 N–H and O–H groups in total. The number of nitriles is 1. The summed E-state index contributed by atoms with van der Waals surface area (Å²) in [5.41, 5.74) is 0.473. The average Bonchev–Trinajstić information content (AvgIpc) is 2.58. The van der Waals surface area contributed by atoms with E-state index in [1.54, 1.807) is 36.4 Å². The molecule has 0 amide bonds. The molecule has 114 valence electrons. The second-order valence-electron chi connectivity index (χ2n) is 4.55. The zero-order valence-electron chi connectivity index (χ0n) is 12.0. The number of carbonyl (C=O) groups is 1. The van der Waals surface area contributed by atoms with E-state index in [9.17, 15) is 14.9 Å². The second kappa shape index (κ2) is 7.52. The van der Waals surface area contributed by atoms with Gasteiger partial charge in [-0.1, -0.05) is 42.5 Å². The minimum absolute atomic E-state index is 0.0234. The number of nitrogens with zero attached hydrogens (tertiary/aromatic N) is 2. The van der Waals surface area contributed by atoms with E-state index in [2.05, 4.69) is 0 Å². The van der Waals surface area contributed by atoms with Crippen LogP contribution in [0.15, 0.2) is 60.2 Å². The lowest BCUT2D eigenvalue weighted by Crippen LogP contribution is -2.07. The van der Waals surface area contributed by atoms with Gasteiger partial charge >= 0.3 is 5.97 Å². The van der Waals surface area contributed by atoms with E-state index in [4.69, 9.17) is 10.00 Å². The summed E-state index contributed by atoms with van der Waals surface area (Å²) < 4.78 is 5.05. The molecule has 0 heterocycles. The monoisotopic (exact) mass is 308 g/mol. The Hall–Kier alpha value is -3.46. The van der Waals surface area contributed by atoms with Crippen molar-refractivity contribution in [2.24, 2.45) is 0 Å². The van der Waals surface area contributed by atoms with Gasteiger partial charge in [0, 0.05) is 6.07 Å². The van der Waals surface area contributed by atoms with Crippen LogP contribution in [0.2, 0.25) is 0 Å². The highest BCUT2D eigenvalue weighted by molar-refractivity contribution is 5.98. The largest absolute Gasteiger partial charge is 0.457 e. The molecule has 0 fully saturated rings. The van der Waals surface area contributed by atoms with Crippen molar-refractivity contribution in [3.63, 3.8) is 0 Å². The molecule has 0 aliphatic heterocycles. The lowest BCUT2D eigenvalue weighted by Gasteiger charge is -2.04. The van der Waals surface area contributed by atoms with E-state index in [1.165, 1.54) is 18.2 Å². The van der Waals surface area contributed by atoms with E-state index in [0.29, 0.717) is 0 Å². The van der Waals surface area contributed by atoms with E-state index in [1.807, 2.05) is 6.07 Å². The van der Waals surface area contributed by atoms with Crippen LogP contribution in [0.4, 0.5) is 5.69 Å². The molecule has 0 radical (unpaired) electrons. The molecule has 0 spiro atoms. The van der Waals surface area contributed by atoms with Crippen molar-refractivity contribution in [3.05, 3.63) is 81.4 Å². The van der Waals surface area contributed by atoms with Crippen molar-refractivity contribution in [1.29, 1.82) is 5.26 Å². The zero-order chi connectivity index (χ0) is 16.7. The number of carbonyl (C=O) groups excluding carboxylic acids is 1. The molecule has 2 rings (SSSR count). The summed E-state index contributed by atoms with van der Waals surface area (Å²) in [6, 6.07) is 16.6. The van der Waals surface area contributed by atoms with Gasteiger partial charge < -0.3 is 4.74 Å². The molecule has 0 aromatic heterocycles. The molecule has 0 bridgehead atoms. The number of hydrogen-bond donors (Lipinski definition) is 0. The molecule has 23 heavy (non-hydrogen) atoms. The Morgan fingerprint density at radius 1 is 1.17 bits per heavy atom. The van der Waals surface area contributed by atoms with Crippen molar-refractivity contribution in [3.8, 4) is 6.07 Å². The highest BCUT2D eigenvalue weighted by Gasteiger charge is 2.15. The van der Waals surface area contributed by atoms with Crippen molar-refractivity contribution in [2.75, 3.05) is 0 Å². The number of para-hydroxylation sites is 1. The SMILES string of the molecule is N#C/C(=C/c1ccccc1[N+](=O)[O-])C(=O)OCc1ccccc1.